The molecule has 0 saturated carbocycles. The van der Waals surface area contributed by atoms with Gasteiger partial charge in [0.15, 0.2) is 5.84 Å². The highest BCUT2D eigenvalue weighted by atomic mass is 15.6. The number of benzene rings is 1. The van der Waals surface area contributed by atoms with Gasteiger partial charge < -0.3 is 5.32 Å². The molecule has 5 heteroatoms. The van der Waals surface area contributed by atoms with Crippen LogP contribution < -0.4 is 10.7 Å². The van der Waals surface area contributed by atoms with E-state index in [4.69, 9.17) is 5.26 Å². The van der Waals surface area contributed by atoms with Gasteiger partial charge in [-0.25, -0.2) is 10.4 Å². The zero-order valence-corrected chi connectivity index (χ0v) is 7.99. The van der Waals surface area contributed by atoms with Gasteiger partial charge in [0.2, 0.25) is 0 Å². The van der Waals surface area contributed by atoms with Crippen LogP contribution >= 0.6 is 0 Å². The number of fused-ring (bicyclic) bond motifs is 3. The first kappa shape index (κ1) is 8.26. The van der Waals surface area contributed by atoms with E-state index in [0.717, 1.165) is 17.1 Å². The summed E-state index contributed by atoms with van der Waals surface area (Å²) < 4.78 is 0. The molecule has 0 saturated heterocycles. The Morgan fingerprint density at radius 3 is 3.27 bits per heavy atom. The van der Waals surface area contributed by atoms with Crippen molar-refractivity contribution in [2.45, 2.75) is 0 Å². The average Bonchev–Trinajstić information content (AvgIpc) is 2.76. The quantitative estimate of drug-likeness (QED) is 0.637. The Morgan fingerprint density at radius 1 is 1.47 bits per heavy atom. The van der Waals surface area contributed by atoms with Crippen molar-refractivity contribution in [3.63, 3.8) is 0 Å². The third-order valence-electron chi connectivity index (χ3n) is 2.59. The first-order valence-corrected chi connectivity index (χ1v) is 4.73. The van der Waals surface area contributed by atoms with Crippen LogP contribution in [0.25, 0.3) is 0 Å². The number of hydrazine groups is 1. The van der Waals surface area contributed by atoms with Crippen LogP contribution in [-0.4, -0.2) is 24.2 Å². The van der Waals surface area contributed by atoms with Gasteiger partial charge in [0, 0.05) is 5.56 Å². The first-order valence-electron chi connectivity index (χ1n) is 4.73. The summed E-state index contributed by atoms with van der Waals surface area (Å²) in [6.07, 6.45) is 0. The maximum atomic E-state index is 8.97. The van der Waals surface area contributed by atoms with Crippen molar-refractivity contribution >= 4 is 11.5 Å². The van der Waals surface area contributed by atoms with Crippen molar-refractivity contribution in [3.8, 4) is 6.07 Å². The lowest BCUT2D eigenvalue weighted by Gasteiger charge is -2.28. The molecule has 2 N–H and O–H groups in total. The Morgan fingerprint density at radius 2 is 2.40 bits per heavy atom. The number of aliphatic imine (C=N–C) groups is 1. The normalized spacial score (nSPS) is 17.3. The van der Waals surface area contributed by atoms with E-state index in [1.165, 1.54) is 0 Å². The molecule has 0 amide bonds. The largest absolute Gasteiger partial charge is 0.365 e. The Hall–Kier alpha value is -2.06. The molecule has 0 unspecified atom stereocenters. The van der Waals surface area contributed by atoms with Crippen molar-refractivity contribution in [2.75, 3.05) is 18.7 Å². The molecule has 0 atom stereocenters. The average molecular weight is 199 g/mol. The number of rotatable bonds is 0. The Bertz CT molecular complexity index is 485. The number of hydrogen-bond donors (Lipinski definition) is 2. The number of amidine groups is 1. The van der Waals surface area contributed by atoms with E-state index in [9.17, 15) is 0 Å². The van der Waals surface area contributed by atoms with E-state index < -0.39 is 0 Å². The lowest BCUT2D eigenvalue weighted by Crippen LogP contribution is -2.44. The second kappa shape index (κ2) is 2.97. The molecular formula is C10H9N5. The molecule has 0 radical (unpaired) electrons. The lowest BCUT2D eigenvalue weighted by molar-refractivity contribution is 0.360. The zero-order chi connectivity index (χ0) is 10.3. The van der Waals surface area contributed by atoms with Gasteiger partial charge in [0.25, 0.3) is 0 Å². The zero-order valence-electron chi connectivity index (χ0n) is 7.99. The highest BCUT2D eigenvalue weighted by Gasteiger charge is 2.26. The smallest absolute Gasteiger partial charge is 0.150 e. The molecule has 0 spiro atoms. The van der Waals surface area contributed by atoms with Crippen LogP contribution in [-0.2, 0) is 0 Å². The van der Waals surface area contributed by atoms with E-state index >= 15 is 0 Å². The van der Waals surface area contributed by atoms with E-state index in [1.54, 1.807) is 0 Å². The van der Waals surface area contributed by atoms with Crippen LogP contribution in [0.4, 0.5) is 5.69 Å². The van der Waals surface area contributed by atoms with Gasteiger partial charge in [0.05, 0.1) is 11.3 Å². The SMILES string of the molecule is N#Cc1cccc2c1NCN1NCN=C21. The van der Waals surface area contributed by atoms with Crippen LogP contribution in [0.1, 0.15) is 11.1 Å². The fourth-order valence-electron chi connectivity index (χ4n) is 1.90. The topological polar surface area (TPSA) is 63.5 Å². The number of anilines is 1. The molecule has 0 aliphatic carbocycles. The van der Waals surface area contributed by atoms with Crippen LogP contribution in [0.3, 0.4) is 0 Å². The predicted octanol–water partition coefficient (Wildman–Crippen LogP) is 0.466. The van der Waals surface area contributed by atoms with Gasteiger partial charge in [-0.3, -0.25) is 5.01 Å². The summed E-state index contributed by atoms with van der Waals surface area (Å²) in [6, 6.07) is 7.84. The first-order chi connectivity index (χ1) is 7.40. The minimum atomic E-state index is 0.604. The fourth-order valence-corrected chi connectivity index (χ4v) is 1.90. The molecule has 2 heterocycles. The molecule has 2 aliphatic rings. The maximum Gasteiger partial charge on any atom is 0.150 e. The summed E-state index contributed by atoms with van der Waals surface area (Å²) >= 11 is 0. The Kier molecular flexibility index (Phi) is 1.64. The highest BCUT2D eigenvalue weighted by molar-refractivity contribution is 6.06. The summed E-state index contributed by atoms with van der Waals surface area (Å²) in [5, 5.41) is 14.1. The number of nitrogens with one attached hydrogen (secondary N) is 2. The summed E-state index contributed by atoms with van der Waals surface area (Å²) in [4.78, 5) is 4.36. The third kappa shape index (κ3) is 1.09. The summed E-state index contributed by atoms with van der Waals surface area (Å²) in [5.41, 5.74) is 5.67. The molecular weight excluding hydrogens is 190 g/mol. The minimum absolute atomic E-state index is 0.604. The van der Waals surface area contributed by atoms with Gasteiger partial charge >= 0.3 is 0 Å². The predicted molar refractivity (Wildman–Crippen MR) is 56.0 cm³/mol. The molecule has 0 bridgehead atoms. The van der Waals surface area contributed by atoms with E-state index in [2.05, 4.69) is 21.8 Å². The molecule has 5 nitrogen and oxygen atoms in total. The molecule has 1 aromatic carbocycles. The van der Waals surface area contributed by atoms with Crippen molar-refractivity contribution in [3.05, 3.63) is 29.3 Å². The van der Waals surface area contributed by atoms with Crippen LogP contribution in [0.15, 0.2) is 23.2 Å². The second-order valence-electron chi connectivity index (χ2n) is 3.40. The Balaban J connectivity index is 2.20. The third-order valence-corrected chi connectivity index (χ3v) is 2.59. The minimum Gasteiger partial charge on any atom is -0.365 e. The molecule has 74 valence electrons. The van der Waals surface area contributed by atoms with Gasteiger partial charge in [-0.15, -0.1) is 0 Å². The van der Waals surface area contributed by atoms with Crippen molar-refractivity contribution in [1.29, 1.82) is 5.26 Å². The molecule has 3 rings (SSSR count). The van der Waals surface area contributed by atoms with Crippen LogP contribution in [0.2, 0.25) is 0 Å². The molecule has 0 fully saturated rings. The summed E-state index contributed by atoms with van der Waals surface area (Å²) in [7, 11) is 0. The molecule has 1 aromatic rings. The number of nitrogens with zero attached hydrogens (tertiary/aromatic N) is 3. The van der Waals surface area contributed by atoms with Crippen molar-refractivity contribution in [1.82, 2.24) is 10.4 Å². The van der Waals surface area contributed by atoms with E-state index in [1.807, 2.05) is 23.2 Å². The Labute approximate surface area is 87.0 Å². The molecule has 2 aliphatic heterocycles. The van der Waals surface area contributed by atoms with Crippen molar-refractivity contribution < 1.29 is 0 Å². The molecule has 0 aromatic heterocycles. The standard InChI is InChI=1S/C10H9N5/c11-4-7-2-1-3-8-9(7)13-6-15-10(8)12-5-14-15/h1-3,13-14H,5-6H2. The van der Waals surface area contributed by atoms with Gasteiger partial charge in [-0.1, -0.05) is 6.07 Å². The fraction of sp³-hybridized carbons (Fsp3) is 0.200. The molecule has 15 heavy (non-hydrogen) atoms. The number of nitriles is 1. The highest BCUT2D eigenvalue weighted by Crippen LogP contribution is 2.26. The monoisotopic (exact) mass is 199 g/mol. The maximum absolute atomic E-state index is 8.97. The van der Waals surface area contributed by atoms with Gasteiger partial charge in [-0.05, 0) is 12.1 Å². The lowest BCUT2D eigenvalue weighted by atomic mass is 10.1. The van der Waals surface area contributed by atoms with E-state index in [-0.39, 0.29) is 0 Å². The number of para-hydroxylation sites is 1. The van der Waals surface area contributed by atoms with Gasteiger partial charge in [-0.2, -0.15) is 5.26 Å². The van der Waals surface area contributed by atoms with Crippen LogP contribution in [0.5, 0.6) is 0 Å². The van der Waals surface area contributed by atoms with Crippen molar-refractivity contribution in [2.24, 2.45) is 4.99 Å². The summed E-state index contributed by atoms with van der Waals surface area (Å²) in [6.45, 7) is 1.25. The second-order valence-corrected chi connectivity index (χ2v) is 3.40. The number of hydrogen-bond acceptors (Lipinski definition) is 5. The summed E-state index contributed by atoms with van der Waals surface area (Å²) in [5.74, 6) is 0.917. The van der Waals surface area contributed by atoms with Gasteiger partial charge in [0.1, 0.15) is 19.4 Å². The van der Waals surface area contributed by atoms with E-state index in [0.29, 0.717) is 18.9 Å². The van der Waals surface area contributed by atoms with Crippen LogP contribution in [0, 0.1) is 11.3 Å².